The summed E-state index contributed by atoms with van der Waals surface area (Å²) in [6, 6.07) is 4.81. The molecular weight excluding hydrogens is 249 g/mol. The molecule has 0 aliphatic rings. The number of hydrogen-bond acceptors (Lipinski definition) is 3. The van der Waals surface area contributed by atoms with Gasteiger partial charge in [-0.25, -0.2) is 9.37 Å². The van der Waals surface area contributed by atoms with E-state index < -0.39 is 0 Å². The summed E-state index contributed by atoms with van der Waals surface area (Å²) in [6.45, 7) is 1.92. The van der Waals surface area contributed by atoms with Crippen molar-refractivity contribution < 1.29 is 4.39 Å². The van der Waals surface area contributed by atoms with Gasteiger partial charge in [0.25, 0.3) is 0 Å². The van der Waals surface area contributed by atoms with Gasteiger partial charge in [0.1, 0.15) is 5.82 Å². The van der Waals surface area contributed by atoms with Crippen LogP contribution in [0.2, 0.25) is 0 Å². The third-order valence-electron chi connectivity index (χ3n) is 2.54. The van der Waals surface area contributed by atoms with E-state index in [4.69, 9.17) is 5.73 Å². The fourth-order valence-corrected chi connectivity index (χ4v) is 2.63. The summed E-state index contributed by atoms with van der Waals surface area (Å²) < 4.78 is 15.2. The lowest BCUT2D eigenvalue weighted by molar-refractivity contribution is 0.620. The largest absolute Gasteiger partial charge is 0.329 e. The Hall–Kier alpha value is -1.33. The smallest absolute Gasteiger partial charge is 0.172 e. The van der Waals surface area contributed by atoms with Gasteiger partial charge in [-0.1, -0.05) is 11.8 Å². The number of benzene rings is 1. The maximum absolute atomic E-state index is 13.3. The number of imidazole rings is 1. The molecule has 0 amide bonds. The molecule has 0 bridgehead atoms. The van der Waals surface area contributed by atoms with Crippen LogP contribution in [0.5, 0.6) is 0 Å². The predicted octanol–water partition coefficient (Wildman–Crippen LogP) is 2.60. The lowest BCUT2D eigenvalue weighted by atomic mass is 10.1. The molecule has 18 heavy (non-hydrogen) atoms. The number of rotatable bonds is 4. The number of hydrogen-bond donors (Lipinski definition) is 1. The summed E-state index contributed by atoms with van der Waals surface area (Å²) in [5.41, 5.74) is 6.72. The molecule has 1 unspecified atom stereocenters. The third kappa shape index (κ3) is 3.11. The Bertz CT molecular complexity index is 537. The average molecular weight is 265 g/mol. The van der Waals surface area contributed by atoms with E-state index in [0.717, 1.165) is 15.6 Å². The van der Waals surface area contributed by atoms with Gasteiger partial charge in [0, 0.05) is 30.4 Å². The second-order valence-corrected chi connectivity index (χ2v) is 5.37. The first-order valence-corrected chi connectivity index (χ1v) is 6.57. The Morgan fingerprint density at radius 1 is 1.50 bits per heavy atom. The minimum Gasteiger partial charge on any atom is -0.329 e. The van der Waals surface area contributed by atoms with Crippen LogP contribution in [0.1, 0.15) is 12.5 Å². The van der Waals surface area contributed by atoms with Crippen molar-refractivity contribution in [2.75, 3.05) is 0 Å². The topological polar surface area (TPSA) is 43.8 Å². The molecule has 1 aromatic carbocycles. The van der Waals surface area contributed by atoms with E-state index in [1.807, 2.05) is 24.7 Å². The average Bonchev–Trinajstić information content (AvgIpc) is 2.67. The first-order chi connectivity index (χ1) is 8.56. The van der Waals surface area contributed by atoms with Crippen LogP contribution in [0.4, 0.5) is 4.39 Å². The zero-order valence-corrected chi connectivity index (χ0v) is 11.2. The SMILES string of the molecule is CC(N)Cc1cc(F)ccc1Sc1nccn1C. The van der Waals surface area contributed by atoms with Crippen molar-refractivity contribution in [1.82, 2.24) is 9.55 Å². The number of nitrogens with two attached hydrogens (primary N) is 1. The Kier molecular flexibility index (Phi) is 4.04. The highest BCUT2D eigenvalue weighted by Crippen LogP contribution is 2.30. The molecule has 1 aromatic heterocycles. The van der Waals surface area contributed by atoms with Gasteiger partial charge >= 0.3 is 0 Å². The van der Waals surface area contributed by atoms with Crippen LogP contribution in [0.3, 0.4) is 0 Å². The Morgan fingerprint density at radius 3 is 2.89 bits per heavy atom. The normalized spacial score (nSPS) is 12.7. The van der Waals surface area contributed by atoms with Crippen LogP contribution in [0.15, 0.2) is 40.6 Å². The van der Waals surface area contributed by atoms with Crippen molar-refractivity contribution in [2.45, 2.75) is 29.4 Å². The quantitative estimate of drug-likeness (QED) is 0.924. The van der Waals surface area contributed by atoms with Crippen molar-refractivity contribution in [3.63, 3.8) is 0 Å². The van der Waals surface area contributed by atoms with Gasteiger partial charge in [0.2, 0.25) is 0 Å². The van der Waals surface area contributed by atoms with Crippen LogP contribution in [-0.2, 0) is 13.5 Å². The fraction of sp³-hybridized carbons (Fsp3) is 0.308. The van der Waals surface area contributed by atoms with Gasteiger partial charge in [-0.15, -0.1) is 0 Å². The van der Waals surface area contributed by atoms with Crippen molar-refractivity contribution >= 4 is 11.8 Å². The molecule has 96 valence electrons. The fourth-order valence-electron chi connectivity index (χ4n) is 1.70. The van der Waals surface area contributed by atoms with E-state index in [-0.39, 0.29) is 11.9 Å². The minimum atomic E-state index is -0.227. The van der Waals surface area contributed by atoms with Gasteiger partial charge in [-0.3, -0.25) is 0 Å². The van der Waals surface area contributed by atoms with Gasteiger partial charge in [0.15, 0.2) is 5.16 Å². The molecule has 2 aromatic rings. The monoisotopic (exact) mass is 265 g/mol. The Labute approximate surface area is 110 Å². The standard InChI is InChI=1S/C13H16FN3S/c1-9(15)7-10-8-11(14)3-4-12(10)18-13-16-5-6-17(13)2/h3-6,8-9H,7,15H2,1-2H3. The third-order valence-corrected chi connectivity index (χ3v) is 3.74. The summed E-state index contributed by atoms with van der Waals surface area (Å²) >= 11 is 1.53. The molecule has 0 aliphatic carbocycles. The highest BCUT2D eigenvalue weighted by atomic mass is 32.2. The van der Waals surface area contributed by atoms with E-state index in [1.54, 1.807) is 18.3 Å². The Morgan fingerprint density at radius 2 is 2.28 bits per heavy atom. The van der Waals surface area contributed by atoms with Gasteiger partial charge in [-0.2, -0.15) is 0 Å². The summed E-state index contributed by atoms with van der Waals surface area (Å²) in [7, 11) is 1.93. The van der Waals surface area contributed by atoms with Crippen molar-refractivity contribution in [1.29, 1.82) is 0 Å². The van der Waals surface area contributed by atoms with Crippen LogP contribution in [0.25, 0.3) is 0 Å². The molecule has 2 N–H and O–H groups in total. The molecule has 3 nitrogen and oxygen atoms in total. The first kappa shape index (κ1) is 13.1. The molecular formula is C13H16FN3S. The van der Waals surface area contributed by atoms with Crippen molar-refractivity contribution in [3.8, 4) is 0 Å². The molecule has 0 fully saturated rings. The van der Waals surface area contributed by atoms with E-state index in [2.05, 4.69) is 4.98 Å². The molecule has 2 rings (SSSR count). The summed E-state index contributed by atoms with van der Waals surface area (Å²) in [6.07, 6.45) is 4.29. The number of halogens is 1. The number of aryl methyl sites for hydroxylation is 1. The first-order valence-electron chi connectivity index (χ1n) is 5.75. The molecule has 1 atom stereocenters. The summed E-state index contributed by atoms with van der Waals surface area (Å²) in [4.78, 5) is 5.26. The zero-order valence-electron chi connectivity index (χ0n) is 10.4. The molecule has 0 saturated carbocycles. The van der Waals surface area contributed by atoms with Gasteiger partial charge in [-0.05, 0) is 37.1 Å². The van der Waals surface area contributed by atoms with E-state index >= 15 is 0 Å². The number of aromatic nitrogens is 2. The second-order valence-electron chi connectivity index (χ2n) is 4.36. The molecule has 1 heterocycles. The van der Waals surface area contributed by atoms with Crippen LogP contribution >= 0.6 is 11.8 Å². The molecule has 0 aliphatic heterocycles. The Balaban J connectivity index is 2.29. The predicted molar refractivity (Wildman–Crippen MR) is 71.1 cm³/mol. The lowest BCUT2D eigenvalue weighted by Crippen LogP contribution is -2.18. The maximum Gasteiger partial charge on any atom is 0.172 e. The molecule has 5 heteroatoms. The van der Waals surface area contributed by atoms with E-state index in [0.29, 0.717) is 6.42 Å². The zero-order chi connectivity index (χ0) is 13.1. The number of nitrogens with zero attached hydrogens (tertiary/aromatic N) is 2. The summed E-state index contributed by atoms with van der Waals surface area (Å²) in [5.74, 6) is -0.227. The van der Waals surface area contributed by atoms with Gasteiger partial charge in [0.05, 0.1) is 0 Å². The molecule has 0 radical (unpaired) electrons. The highest BCUT2D eigenvalue weighted by Gasteiger charge is 2.10. The minimum absolute atomic E-state index is 0.00696. The maximum atomic E-state index is 13.3. The highest BCUT2D eigenvalue weighted by molar-refractivity contribution is 7.99. The van der Waals surface area contributed by atoms with Gasteiger partial charge < -0.3 is 10.3 Å². The van der Waals surface area contributed by atoms with E-state index in [1.165, 1.54) is 17.8 Å². The van der Waals surface area contributed by atoms with Crippen molar-refractivity contribution in [2.24, 2.45) is 12.8 Å². The van der Waals surface area contributed by atoms with E-state index in [9.17, 15) is 4.39 Å². The van der Waals surface area contributed by atoms with Crippen LogP contribution in [0, 0.1) is 5.82 Å². The van der Waals surface area contributed by atoms with Crippen LogP contribution < -0.4 is 5.73 Å². The van der Waals surface area contributed by atoms with Crippen LogP contribution in [-0.4, -0.2) is 15.6 Å². The molecule has 0 saturated heterocycles. The summed E-state index contributed by atoms with van der Waals surface area (Å²) in [5, 5.41) is 0.882. The second kappa shape index (κ2) is 5.54. The molecule has 0 spiro atoms. The van der Waals surface area contributed by atoms with Crippen molar-refractivity contribution in [3.05, 3.63) is 42.0 Å². The lowest BCUT2D eigenvalue weighted by Gasteiger charge is -2.11.